The molecule has 2 aromatic rings. The first-order valence-corrected chi connectivity index (χ1v) is 6.60. The van der Waals surface area contributed by atoms with Crippen molar-refractivity contribution in [1.29, 1.82) is 0 Å². The maximum Gasteiger partial charge on any atom is 0.0701 e. The molecule has 1 aromatic heterocycles. The molecule has 0 radical (unpaired) electrons. The molecule has 19 heavy (non-hydrogen) atoms. The Morgan fingerprint density at radius 2 is 1.63 bits per heavy atom. The van der Waals surface area contributed by atoms with Crippen molar-refractivity contribution >= 4 is 10.9 Å². The van der Waals surface area contributed by atoms with E-state index in [0.29, 0.717) is 33.0 Å². The van der Waals surface area contributed by atoms with Gasteiger partial charge in [0.05, 0.1) is 33.0 Å². The van der Waals surface area contributed by atoms with Gasteiger partial charge in [0, 0.05) is 25.4 Å². The SMILES string of the molecule is COCCOCCOCCn1ccc2ccccc21. The van der Waals surface area contributed by atoms with Gasteiger partial charge in [0.1, 0.15) is 0 Å². The monoisotopic (exact) mass is 263 g/mol. The average molecular weight is 263 g/mol. The highest BCUT2D eigenvalue weighted by Gasteiger charge is 1.99. The quantitative estimate of drug-likeness (QED) is 0.651. The van der Waals surface area contributed by atoms with Crippen molar-refractivity contribution in [3.63, 3.8) is 0 Å². The molecule has 2 rings (SSSR count). The van der Waals surface area contributed by atoms with Crippen LogP contribution in [0.5, 0.6) is 0 Å². The number of aromatic nitrogens is 1. The molecule has 104 valence electrons. The molecule has 0 aliphatic heterocycles. The molecule has 0 saturated carbocycles. The van der Waals surface area contributed by atoms with E-state index in [9.17, 15) is 0 Å². The maximum absolute atomic E-state index is 5.55. The number of hydrogen-bond donors (Lipinski definition) is 0. The fraction of sp³-hybridized carbons (Fsp3) is 0.467. The second-order valence-electron chi connectivity index (χ2n) is 4.29. The van der Waals surface area contributed by atoms with E-state index in [1.165, 1.54) is 10.9 Å². The van der Waals surface area contributed by atoms with Crippen LogP contribution in [-0.4, -0.2) is 44.7 Å². The summed E-state index contributed by atoms with van der Waals surface area (Å²) in [5, 5.41) is 1.27. The van der Waals surface area contributed by atoms with Crippen LogP contribution >= 0.6 is 0 Å². The summed E-state index contributed by atoms with van der Waals surface area (Å²) in [7, 11) is 1.67. The lowest BCUT2D eigenvalue weighted by Crippen LogP contribution is -2.11. The summed E-state index contributed by atoms with van der Waals surface area (Å²) in [5.74, 6) is 0. The Kier molecular flexibility index (Phi) is 5.88. The highest BCUT2D eigenvalue weighted by Crippen LogP contribution is 2.14. The van der Waals surface area contributed by atoms with E-state index in [-0.39, 0.29) is 0 Å². The van der Waals surface area contributed by atoms with Gasteiger partial charge in [-0.15, -0.1) is 0 Å². The lowest BCUT2D eigenvalue weighted by molar-refractivity contribution is 0.0232. The zero-order valence-corrected chi connectivity index (χ0v) is 11.4. The predicted molar refractivity (Wildman–Crippen MR) is 75.5 cm³/mol. The Labute approximate surface area is 113 Å². The van der Waals surface area contributed by atoms with Crippen molar-refractivity contribution < 1.29 is 14.2 Å². The first-order valence-electron chi connectivity index (χ1n) is 6.60. The predicted octanol–water partition coefficient (Wildman–Crippen LogP) is 2.32. The van der Waals surface area contributed by atoms with Crippen LogP contribution in [0.2, 0.25) is 0 Å². The molecular formula is C15H21NO3. The van der Waals surface area contributed by atoms with E-state index in [1.807, 2.05) is 0 Å². The van der Waals surface area contributed by atoms with Crippen LogP contribution in [0.4, 0.5) is 0 Å². The van der Waals surface area contributed by atoms with Crippen molar-refractivity contribution in [3.8, 4) is 0 Å². The minimum atomic E-state index is 0.621. The highest BCUT2D eigenvalue weighted by atomic mass is 16.5. The molecule has 0 aliphatic carbocycles. The van der Waals surface area contributed by atoms with Crippen LogP contribution in [0.1, 0.15) is 0 Å². The average Bonchev–Trinajstić information content (AvgIpc) is 2.85. The van der Waals surface area contributed by atoms with Gasteiger partial charge in [0.25, 0.3) is 0 Å². The fourth-order valence-corrected chi connectivity index (χ4v) is 1.96. The van der Waals surface area contributed by atoms with Gasteiger partial charge in [-0.2, -0.15) is 0 Å². The zero-order valence-electron chi connectivity index (χ0n) is 11.4. The first-order chi connectivity index (χ1) is 9.42. The first kappa shape index (κ1) is 14.1. The van der Waals surface area contributed by atoms with Crippen LogP contribution in [0.25, 0.3) is 10.9 Å². The van der Waals surface area contributed by atoms with Crippen LogP contribution in [0, 0.1) is 0 Å². The van der Waals surface area contributed by atoms with Gasteiger partial charge in [-0.1, -0.05) is 18.2 Å². The zero-order chi connectivity index (χ0) is 13.3. The number of ether oxygens (including phenoxy) is 3. The summed E-state index contributed by atoms with van der Waals surface area (Å²) in [4.78, 5) is 0. The summed E-state index contributed by atoms with van der Waals surface area (Å²) in [6, 6.07) is 10.5. The molecule has 1 aromatic carbocycles. The van der Waals surface area contributed by atoms with E-state index >= 15 is 0 Å². The van der Waals surface area contributed by atoms with E-state index in [2.05, 4.69) is 41.1 Å². The third kappa shape index (κ3) is 4.35. The molecule has 0 aliphatic rings. The molecular weight excluding hydrogens is 242 g/mol. The second kappa shape index (κ2) is 7.94. The molecule has 0 spiro atoms. The Hall–Kier alpha value is -1.36. The minimum Gasteiger partial charge on any atom is -0.382 e. The van der Waals surface area contributed by atoms with Crippen molar-refractivity contribution in [2.75, 3.05) is 40.1 Å². The summed E-state index contributed by atoms with van der Waals surface area (Å²) in [6.45, 7) is 4.08. The normalized spacial score (nSPS) is 11.2. The molecule has 0 fully saturated rings. The van der Waals surface area contributed by atoms with Gasteiger partial charge in [-0.3, -0.25) is 0 Å². The van der Waals surface area contributed by atoms with E-state index in [1.54, 1.807) is 7.11 Å². The summed E-state index contributed by atoms with van der Waals surface area (Å²) in [5.41, 5.74) is 1.25. The van der Waals surface area contributed by atoms with Crippen LogP contribution in [0.3, 0.4) is 0 Å². The van der Waals surface area contributed by atoms with E-state index < -0.39 is 0 Å². The van der Waals surface area contributed by atoms with Gasteiger partial charge in [-0.25, -0.2) is 0 Å². The molecule has 0 N–H and O–H groups in total. The third-order valence-electron chi connectivity index (χ3n) is 2.96. The summed E-state index contributed by atoms with van der Waals surface area (Å²) < 4.78 is 18.0. The lowest BCUT2D eigenvalue weighted by Gasteiger charge is -2.07. The molecule has 0 amide bonds. The Balaban J connectivity index is 1.63. The topological polar surface area (TPSA) is 32.6 Å². The number of nitrogens with zero attached hydrogens (tertiary/aromatic N) is 1. The van der Waals surface area contributed by atoms with Crippen LogP contribution in [0.15, 0.2) is 36.5 Å². The minimum absolute atomic E-state index is 0.621. The smallest absolute Gasteiger partial charge is 0.0701 e. The second-order valence-corrected chi connectivity index (χ2v) is 4.29. The van der Waals surface area contributed by atoms with Gasteiger partial charge in [0.15, 0.2) is 0 Å². The molecule has 0 saturated heterocycles. The molecule has 0 bridgehead atoms. The summed E-state index contributed by atoms with van der Waals surface area (Å²) >= 11 is 0. The standard InChI is InChI=1S/C15H21NO3/c1-17-10-11-19-13-12-18-9-8-16-7-6-14-4-2-3-5-15(14)16/h2-7H,8-13H2,1H3. The van der Waals surface area contributed by atoms with Crippen molar-refractivity contribution in [3.05, 3.63) is 36.5 Å². The van der Waals surface area contributed by atoms with Crippen molar-refractivity contribution in [2.45, 2.75) is 6.54 Å². The number of methoxy groups -OCH3 is 1. The van der Waals surface area contributed by atoms with Gasteiger partial charge in [0.2, 0.25) is 0 Å². The molecule has 0 atom stereocenters. The van der Waals surface area contributed by atoms with Crippen LogP contribution in [-0.2, 0) is 20.8 Å². The number of benzene rings is 1. The van der Waals surface area contributed by atoms with E-state index in [0.717, 1.165) is 6.54 Å². The lowest BCUT2D eigenvalue weighted by atomic mass is 10.2. The van der Waals surface area contributed by atoms with Gasteiger partial charge in [-0.05, 0) is 17.5 Å². The van der Waals surface area contributed by atoms with Gasteiger partial charge < -0.3 is 18.8 Å². The number of fused-ring (bicyclic) bond motifs is 1. The summed E-state index contributed by atoms with van der Waals surface area (Å²) in [6.07, 6.45) is 2.10. The third-order valence-corrected chi connectivity index (χ3v) is 2.96. The molecule has 4 nitrogen and oxygen atoms in total. The molecule has 4 heteroatoms. The van der Waals surface area contributed by atoms with Crippen molar-refractivity contribution in [2.24, 2.45) is 0 Å². The Morgan fingerprint density at radius 1 is 0.895 bits per heavy atom. The van der Waals surface area contributed by atoms with Gasteiger partial charge >= 0.3 is 0 Å². The molecule has 0 unspecified atom stereocenters. The van der Waals surface area contributed by atoms with Crippen LogP contribution < -0.4 is 0 Å². The maximum atomic E-state index is 5.55. The Bertz CT molecular complexity index is 481. The van der Waals surface area contributed by atoms with Crippen molar-refractivity contribution in [1.82, 2.24) is 4.57 Å². The molecule has 1 heterocycles. The highest BCUT2D eigenvalue weighted by molar-refractivity contribution is 5.79. The van der Waals surface area contributed by atoms with E-state index in [4.69, 9.17) is 14.2 Å². The fourth-order valence-electron chi connectivity index (χ4n) is 1.96. The number of para-hydroxylation sites is 1. The number of hydrogen-bond acceptors (Lipinski definition) is 3. The number of rotatable bonds is 9. The Morgan fingerprint density at radius 3 is 2.47 bits per heavy atom. The largest absolute Gasteiger partial charge is 0.382 e.